The molecule has 1 aliphatic rings. The van der Waals surface area contributed by atoms with Crippen LogP contribution in [0.15, 0.2) is 30.6 Å². The van der Waals surface area contributed by atoms with E-state index < -0.39 is 6.10 Å². The van der Waals surface area contributed by atoms with Crippen LogP contribution in [0.5, 0.6) is 5.88 Å². The van der Waals surface area contributed by atoms with Gasteiger partial charge in [-0.15, -0.1) is 0 Å². The molecule has 2 aromatic rings. The van der Waals surface area contributed by atoms with Crippen LogP contribution in [0.2, 0.25) is 0 Å². The Kier molecular flexibility index (Phi) is 4.83. The zero-order valence-corrected chi connectivity index (χ0v) is 13.1. The molecule has 1 N–H and O–H groups in total. The summed E-state index contributed by atoms with van der Waals surface area (Å²) in [7, 11) is 0. The minimum Gasteiger partial charge on any atom is -0.478 e. The van der Waals surface area contributed by atoms with Crippen LogP contribution in [-0.4, -0.2) is 39.7 Å². The van der Waals surface area contributed by atoms with E-state index >= 15 is 0 Å². The third-order valence-corrected chi connectivity index (χ3v) is 4.02. The lowest BCUT2D eigenvalue weighted by atomic mass is 10.0. The molecule has 0 fully saturated rings. The lowest BCUT2D eigenvalue weighted by molar-refractivity contribution is 0.101. The number of fused-ring (bicyclic) bond motifs is 1. The van der Waals surface area contributed by atoms with Crippen LogP contribution in [0, 0.1) is 5.82 Å². The highest BCUT2D eigenvalue weighted by molar-refractivity contribution is 5.31. The minimum absolute atomic E-state index is 0.327. The van der Waals surface area contributed by atoms with Crippen LogP contribution in [0.4, 0.5) is 4.39 Å². The molecule has 0 bridgehead atoms. The number of aromatic nitrogens is 2. The molecule has 1 aromatic heterocycles. The summed E-state index contributed by atoms with van der Waals surface area (Å²) in [5.74, 6) is 0.221. The van der Waals surface area contributed by atoms with Crippen LogP contribution in [0.25, 0.3) is 0 Å². The number of hydrogen-bond acceptors (Lipinski definition) is 5. The molecule has 0 spiro atoms. The van der Waals surface area contributed by atoms with E-state index in [2.05, 4.69) is 14.9 Å². The molecule has 6 heteroatoms. The van der Waals surface area contributed by atoms with E-state index in [0.717, 1.165) is 24.2 Å². The van der Waals surface area contributed by atoms with Gasteiger partial charge in [0.1, 0.15) is 12.1 Å². The van der Waals surface area contributed by atoms with Crippen molar-refractivity contribution in [2.24, 2.45) is 0 Å². The van der Waals surface area contributed by atoms with Crippen molar-refractivity contribution in [2.75, 3.05) is 19.7 Å². The van der Waals surface area contributed by atoms with E-state index in [4.69, 9.17) is 4.74 Å². The van der Waals surface area contributed by atoms with Crippen LogP contribution < -0.4 is 4.74 Å². The first kappa shape index (κ1) is 15.8. The summed E-state index contributed by atoms with van der Waals surface area (Å²) in [5.41, 5.74) is 2.27. The second-order valence-corrected chi connectivity index (χ2v) is 5.56. The predicted octanol–water partition coefficient (Wildman–Crippen LogP) is 2.11. The maximum atomic E-state index is 13.8. The van der Waals surface area contributed by atoms with Gasteiger partial charge in [0.15, 0.2) is 0 Å². The second kappa shape index (κ2) is 7.02. The van der Waals surface area contributed by atoms with Gasteiger partial charge in [0.25, 0.3) is 0 Å². The molecule has 1 aliphatic heterocycles. The Balaban J connectivity index is 1.73. The number of halogens is 1. The van der Waals surface area contributed by atoms with Gasteiger partial charge in [-0.3, -0.25) is 4.90 Å². The minimum atomic E-state index is -0.863. The quantitative estimate of drug-likeness (QED) is 0.915. The van der Waals surface area contributed by atoms with Crippen molar-refractivity contribution in [3.05, 3.63) is 53.2 Å². The molecule has 1 aromatic carbocycles. The average molecular weight is 317 g/mol. The first-order valence-electron chi connectivity index (χ1n) is 7.79. The number of hydrogen-bond donors (Lipinski definition) is 1. The number of rotatable bonds is 5. The Labute approximate surface area is 134 Å². The Hall–Kier alpha value is -2.05. The number of nitrogens with zero attached hydrogens (tertiary/aromatic N) is 3. The molecule has 0 radical (unpaired) electrons. The summed E-state index contributed by atoms with van der Waals surface area (Å²) in [6.45, 7) is 4.18. The molecule has 0 aliphatic carbocycles. The Morgan fingerprint density at radius 1 is 1.35 bits per heavy atom. The first-order valence-corrected chi connectivity index (χ1v) is 7.79. The Morgan fingerprint density at radius 2 is 2.17 bits per heavy atom. The number of ether oxygens (including phenoxy) is 1. The van der Waals surface area contributed by atoms with Gasteiger partial charge in [0, 0.05) is 37.2 Å². The lowest BCUT2D eigenvalue weighted by Crippen LogP contribution is -2.35. The van der Waals surface area contributed by atoms with Gasteiger partial charge >= 0.3 is 0 Å². The maximum absolute atomic E-state index is 13.8. The summed E-state index contributed by atoms with van der Waals surface area (Å²) < 4.78 is 19.3. The van der Waals surface area contributed by atoms with Gasteiger partial charge in [0.05, 0.1) is 18.4 Å². The van der Waals surface area contributed by atoms with Crippen LogP contribution in [0.3, 0.4) is 0 Å². The molecule has 0 amide bonds. The van der Waals surface area contributed by atoms with Crippen molar-refractivity contribution in [1.29, 1.82) is 0 Å². The highest BCUT2D eigenvalue weighted by atomic mass is 19.1. The molecule has 2 heterocycles. The zero-order valence-electron chi connectivity index (χ0n) is 13.1. The fourth-order valence-electron chi connectivity index (χ4n) is 2.88. The van der Waals surface area contributed by atoms with Crippen molar-refractivity contribution in [2.45, 2.75) is 26.0 Å². The fraction of sp³-hybridized carbons (Fsp3) is 0.412. The molecule has 0 saturated carbocycles. The molecule has 23 heavy (non-hydrogen) atoms. The Morgan fingerprint density at radius 3 is 2.96 bits per heavy atom. The predicted molar refractivity (Wildman–Crippen MR) is 83.5 cm³/mol. The smallest absolute Gasteiger partial charge is 0.221 e. The largest absolute Gasteiger partial charge is 0.478 e. The molecular weight excluding hydrogens is 297 g/mol. The van der Waals surface area contributed by atoms with Crippen LogP contribution in [0.1, 0.15) is 29.8 Å². The number of aliphatic hydroxyl groups excluding tert-OH is 1. The summed E-state index contributed by atoms with van der Waals surface area (Å²) in [6.07, 6.45) is 1.42. The highest BCUT2D eigenvalue weighted by Crippen LogP contribution is 2.26. The van der Waals surface area contributed by atoms with Gasteiger partial charge in [0.2, 0.25) is 5.88 Å². The third-order valence-electron chi connectivity index (χ3n) is 4.02. The molecule has 0 unspecified atom stereocenters. The van der Waals surface area contributed by atoms with Crippen LogP contribution >= 0.6 is 0 Å². The third kappa shape index (κ3) is 3.48. The van der Waals surface area contributed by atoms with Crippen molar-refractivity contribution in [1.82, 2.24) is 14.9 Å². The van der Waals surface area contributed by atoms with Crippen molar-refractivity contribution in [3.8, 4) is 5.88 Å². The van der Waals surface area contributed by atoms with Gasteiger partial charge < -0.3 is 9.84 Å². The van der Waals surface area contributed by atoms with Gasteiger partial charge in [-0.25, -0.2) is 14.4 Å². The van der Waals surface area contributed by atoms with E-state index in [1.54, 1.807) is 18.2 Å². The molecule has 0 saturated heterocycles. The number of benzene rings is 1. The van der Waals surface area contributed by atoms with Gasteiger partial charge in [-0.2, -0.15) is 0 Å². The summed E-state index contributed by atoms with van der Waals surface area (Å²) in [6, 6.07) is 6.33. The normalized spacial score (nSPS) is 16.0. The highest BCUT2D eigenvalue weighted by Gasteiger charge is 2.24. The van der Waals surface area contributed by atoms with Crippen molar-refractivity contribution in [3.63, 3.8) is 0 Å². The summed E-state index contributed by atoms with van der Waals surface area (Å²) >= 11 is 0. The molecule has 3 rings (SSSR count). The molecule has 5 nitrogen and oxygen atoms in total. The van der Waals surface area contributed by atoms with E-state index in [-0.39, 0.29) is 5.82 Å². The number of β-amino-alcohol motifs (C(OH)–C–C–N with tert-alkyl or cyclic N) is 1. The van der Waals surface area contributed by atoms with E-state index in [1.807, 2.05) is 6.92 Å². The lowest BCUT2D eigenvalue weighted by Gasteiger charge is -2.30. The first-order chi connectivity index (χ1) is 11.2. The van der Waals surface area contributed by atoms with Gasteiger partial charge in [-0.1, -0.05) is 18.2 Å². The van der Waals surface area contributed by atoms with Crippen molar-refractivity contribution >= 4 is 0 Å². The summed E-state index contributed by atoms with van der Waals surface area (Å²) in [5, 5.41) is 10.3. The zero-order chi connectivity index (χ0) is 16.2. The average Bonchev–Trinajstić information content (AvgIpc) is 2.56. The number of aliphatic hydroxyl groups is 1. The van der Waals surface area contributed by atoms with E-state index in [9.17, 15) is 9.50 Å². The van der Waals surface area contributed by atoms with E-state index in [0.29, 0.717) is 31.1 Å². The molecule has 122 valence electrons. The summed E-state index contributed by atoms with van der Waals surface area (Å²) in [4.78, 5) is 10.6. The second-order valence-electron chi connectivity index (χ2n) is 5.56. The fourth-order valence-corrected chi connectivity index (χ4v) is 2.88. The topological polar surface area (TPSA) is 58.5 Å². The van der Waals surface area contributed by atoms with E-state index in [1.165, 1.54) is 12.4 Å². The SMILES string of the molecule is CCOc1ncnc2c1CN(C[C@H](O)c1ccccc1F)CC2. The van der Waals surface area contributed by atoms with Crippen molar-refractivity contribution < 1.29 is 14.2 Å². The van der Waals surface area contributed by atoms with Gasteiger partial charge in [-0.05, 0) is 13.0 Å². The monoisotopic (exact) mass is 317 g/mol. The van der Waals surface area contributed by atoms with Crippen LogP contribution in [-0.2, 0) is 13.0 Å². The maximum Gasteiger partial charge on any atom is 0.221 e. The standard InChI is InChI=1S/C17H20FN3O2/c1-2-23-17-13-9-21(8-7-15(13)19-11-20-17)10-16(22)12-5-3-4-6-14(12)18/h3-6,11,16,22H,2,7-10H2,1H3/t16-/m0/s1. The Bertz CT molecular complexity index is 681. The molecular formula is C17H20FN3O2. The molecule has 1 atom stereocenters.